The maximum Gasteiger partial charge on any atom is 0.508 e. The molecular formula is C50H99NO6. The number of rotatable bonds is 46. The molecule has 57 heavy (non-hydrogen) atoms. The molecular weight excluding hydrogens is 711 g/mol. The Bertz CT molecular complexity index is 809. The lowest BCUT2D eigenvalue weighted by molar-refractivity contribution is -0.149. The first kappa shape index (κ1) is 55.7. The summed E-state index contributed by atoms with van der Waals surface area (Å²) in [6.07, 6.45) is 41.3. The average Bonchev–Trinajstić information content (AvgIpc) is 3.21. The Balaban J connectivity index is 4.36. The smallest absolute Gasteiger partial charge is 0.465 e. The molecule has 0 aliphatic carbocycles. The monoisotopic (exact) mass is 810 g/mol. The van der Waals surface area contributed by atoms with Gasteiger partial charge in [0.2, 0.25) is 0 Å². The lowest BCUT2D eigenvalue weighted by Crippen LogP contribution is -2.27. The maximum atomic E-state index is 13.0. The minimum atomic E-state index is -0.476. The molecule has 0 rings (SSSR count). The molecule has 7 heteroatoms. The van der Waals surface area contributed by atoms with Crippen LogP contribution in [0.15, 0.2) is 0 Å². The number of hydrogen-bond acceptors (Lipinski definition) is 7. The van der Waals surface area contributed by atoms with Crippen molar-refractivity contribution in [1.29, 1.82) is 0 Å². The summed E-state index contributed by atoms with van der Waals surface area (Å²) in [5.74, 6) is 0.134. The SMILES string of the molecule is CCCCCCCCC(CCCCCCCC)OC(=O)OCCCCCCN(CCCCO)CCCCCCOC(=O)C(CCCCCC)CCCCCCCC. The van der Waals surface area contributed by atoms with Crippen LogP contribution in [0.2, 0.25) is 0 Å². The van der Waals surface area contributed by atoms with Gasteiger partial charge in [0.05, 0.1) is 19.1 Å². The predicted molar refractivity (Wildman–Crippen MR) is 243 cm³/mol. The number of esters is 1. The van der Waals surface area contributed by atoms with E-state index < -0.39 is 6.16 Å². The molecule has 1 N–H and O–H groups in total. The highest BCUT2D eigenvalue weighted by molar-refractivity contribution is 5.72. The second-order valence-corrected chi connectivity index (χ2v) is 17.3. The third-order valence-corrected chi connectivity index (χ3v) is 11.8. The Morgan fingerprint density at radius 2 is 0.772 bits per heavy atom. The molecule has 0 bridgehead atoms. The predicted octanol–water partition coefficient (Wildman–Crippen LogP) is 15.1. The number of nitrogens with zero attached hydrogens (tertiary/aromatic N) is 1. The molecule has 1 unspecified atom stereocenters. The number of carbonyl (C=O) groups is 2. The highest BCUT2D eigenvalue weighted by Gasteiger charge is 2.19. The molecule has 0 aliphatic heterocycles. The molecule has 0 amide bonds. The number of unbranched alkanes of at least 4 members (excludes halogenated alkanes) is 25. The Labute approximate surface area is 355 Å². The van der Waals surface area contributed by atoms with Crippen molar-refractivity contribution in [3.8, 4) is 0 Å². The first-order valence-corrected chi connectivity index (χ1v) is 25.3. The van der Waals surface area contributed by atoms with E-state index in [0.29, 0.717) is 13.2 Å². The van der Waals surface area contributed by atoms with Crippen LogP contribution >= 0.6 is 0 Å². The molecule has 7 nitrogen and oxygen atoms in total. The van der Waals surface area contributed by atoms with E-state index in [9.17, 15) is 14.7 Å². The van der Waals surface area contributed by atoms with Gasteiger partial charge in [0.25, 0.3) is 0 Å². The van der Waals surface area contributed by atoms with Gasteiger partial charge in [-0.3, -0.25) is 4.79 Å². The fraction of sp³-hybridized carbons (Fsp3) is 0.960. The average molecular weight is 810 g/mol. The highest BCUT2D eigenvalue weighted by Crippen LogP contribution is 2.21. The standard InChI is InChI=1S/C50H99NO6/c1-5-9-13-17-20-28-38-47(37-27-16-12-8-4)49(53)55-45-35-25-23-31-41-51(43-33-34-44-52)42-32-24-26-36-46-56-50(54)57-48(39-29-21-18-14-10-6-2)40-30-22-19-15-11-7-3/h47-48,52H,5-46H2,1-4H3. The van der Waals surface area contributed by atoms with Crippen molar-refractivity contribution in [3.63, 3.8) is 0 Å². The van der Waals surface area contributed by atoms with Gasteiger partial charge in [-0.15, -0.1) is 0 Å². The largest absolute Gasteiger partial charge is 0.508 e. The molecule has 0 aromatic carbocycles. The van der Waals surface area contributed by atoms with Gasteiger partial charge in [0.15, 0.2) is 0 Å². The summed E-state index contributed by atoms with van der Waals surface area (Å²) in [5, 5.41) is 9.33. The molecule has 0 radical (unpaired) electrons. The summed E-state index contributed by atoms with van der Waals surface area (Å²) in [5.41, 5.74) is 0. The molecule has 0 aromatic rings. The zero-order chi connectivity index (χ0) is 41.7. The van der Waals surface area contributed by atoms with Gasteiger partial charge in [-0.25, -0.2) is 4.79 Å². The van der Waals surface area contributed by atoms with Crippen molar-refractivity contribution in [1.82, 2.24) is 4.90 Å². The molecule has 0 aromatic heterocycles. The zero-order valence-electron chi connectivity index (χ0n) is 38.8. The number of hydrogen-bond donors (Lipinski definition) is 1. The van der Waals surface area contributed by atoms with Gasteiger partial charge >= 0.3 is 12.1 Å². The van der Waals surface area contributed by atoms with Crippen LogP contribution in [-0.4, -0.2) is 67.7 Å². The fourth-order valence-corrected chi connectivity index (χ4v) is 7.92. The van der Waals surface area contributed by atoms with E-state index >= 15 is 0 Å². The Hall–Kier alpha value is -1.34. The van der Waals surface area contributed by atoms with Crippen LogP contribution < -0.4 is 0 Å². The fourth-order valence-electron chi connectivity index (χ4n) is 7.92. The van der Waals surface area contributed by atoms with E-state index in [1.165, 1.54) is 116 Å². The molecule has 1 atom stereocenters. The normalized spacial score (nSPS) is 12.1. The van der Waals surface area contributed by atoms with E-state index in [1.807, 2.05) is 0 Å². The van der Waals surface area contributed by atoms with Crippen molar-refractivity contribution in [2.24, 2.45) is 5.92 Å². The third-order valence-electron chi connectivity index (χ3n) is 11.8. The number of carbonyl (C=O) groups excluding carboxylic acids is 2. The van der Waals surface area contributed by atoms with E-state index in [0.717, 1.165) is 135 Å². The minimum Gasteiger partial charge on any atom is -0.465 e. The summed E-state index contributed by atoms with van der Waals surface area (Å²) in [6.45, 7) is 13.4. The van der Waals surface area contributed by atoms with Gasteiger partial charge in [0.1, 0.15) is 6.10 Å². The summed E-state index contributed by atoms with van der Waals surface area (Å²) >= 11 is 0. The van der Waals surface area contributed by atoms with Crippen LogP contribution in [0.25, 0.3) is 0 Å². The molecule has 0 saturated heterocycles. The van der Waals surface area contributed by atoms with Crippen molar-refractivity contribution in [2.45, 2.75) is 265 Å². The second-order valence-electron chi connectivity index (χ2n) is 17.3. The number of ether oxygens (including phenoxy) is 3. The lowest BCUT2D eigenvalue weighted by Gasteiger charge is -2.22. The van der Waals surface area contributed by atoms with E-state index in [4.69, 9.17) is 14.2 Å². The molecule has 0 heterocycles. The van der Waals surface area contributed by atoms with Crippen LogP contribution in [0.1, 0.15) is 259 Å². The van der Waals surface area contributed by atoms with E-state index in [1.54, 1.807) is 0 Å². The quantitative estimate of drug-likeness (QED) is 0.0484. The van der Waals surface area contributed by atoms with Crippen LogP contribution in [0, 0.1) is 5.92 Å². The van der Waals surface area contributed by atoms with Crippen LogP contribution in [-0.2, 0) is 19.0 Å². The van der Waals surface area contributed by atoms with Gasteiger partial charge in [-0.05, 0) is 96.7 Å². The molecule has 0 fully saturated rings. The van der Waals surface area contributed by atoms with Gasteiger partial charge in [-0.1, -0.05) is 182 Å². The number of aliphatic hydroxyl groups excluding tert-OH is 1. The zero-order valence-corrected chi connectivity index (χ0v) is 38.8. The van der Waals surface area contributed by atoms with Gasteiger partial charge in [0, 0.05) is 6.61 Å². The minimum absolute atomic E-state index is 0.00796. The summed E-state index contributed by atoms with van der Waals surface area (Å²) in [6, 6.07) is 0. The Morgan fingerprint density at radius 1 is 0.421 bits per heavy atom. The Morgan fingerprint density at radius 3 is 1.23 bits per heavy atom. The van der Waals surface area contributed by atoms with Crippen molar-refractivity contribution >= 4 is 12.1 Å². The topological polar surface area (TPSA) is 85.3 Å². The van der Waals surface area contributed by atoms with Crippen LogP contribution in [0.4, 0.5) is 4.79 Å². The van der Waals surface area contributed by atoms with Gasteiger partial charge < -0.3 is 24.2 Å². The van der Waals surface area contributed by atoms with Crippen molar-refractivity contribution in [3.05, 3.63) is 0 Å². The molecule has 0 spiro atoms. The van der Waals surface area contributed by atoms with Gasteiger partial charge in [-0.2, -0.15) is 0 Å². The first-order valence-electron chi connectivity index (χ1n) is 25.3. The summed E-state index contributed by atoms with van der Waals surface area (Å²) in [4.78, 5) is 28.1. The van der Waals surface area contributed by atoms with Crippen molar-refractivity contribution < 1.29 is 28.9 Å². The maximum absolute atomic E-state index is 13.0. The second kappa shape index (κ2) is 45.7. The summed E-state index contributed by atoms with van der Waals surface area (Å²) in [7, 11) is 0. The third kappa shape index (κ3) is 39.9. The lowest BCUT2D eigenvalue weighted by atomic mass is 9.94. The first-order chi connectivity index (χ1) is 28.0. The van der Waals surface area contributed by atoms with Crippen LogP contribution in [0.5, 0.6) is 0 Å². The summed E-state index contributed by atoms with van der Waals surface area (Å²) < 4.78 is 17.2. The highest BCUT2D eigenvalue weighted by atomic mass is 16.7. The van der Waals surface area contributed by atoms with E-state index in [2.05, 4.69) is 32.6 Å². The molecule has 340 valence electrons. The van der Waals surface area contributed by atoms with E-state index in [-0.39, 0.29) is 24.6 Å². The number of aliphatic hydroxyl groups is 1. The molecule has 0 aliphatic rings. The Kier molecular flexibility index (Phi) is 44.7. The van der Waals surface area contributed by atoms with Crippen LogP contribution in [0.3, 0.4) is 0 Å². The molecule has 0 saturated carbocycles. The van der Waals surface area contributed by atoms with Crippen molar-refractivity contribution in [2.75, 3.05) is 39.5 Å².